The predicted octanol–water partition coefficient (Wildman–Crippen LogP) is 4.60. The summed E-state index contributed by atoms with van der Waals surface area (Å²) in [4.78, 5) is 14.9. The van der Waals surface area contributed by atoms with Crippen LogP contribution in [0.4, 0.5) is 5.69 Å². The largest absolute Gasteiger partial charge is 0.493 e. The van der Waals surface area contributed by atoms with Gasteiger partial charge in [0, 0.05) is 24.1 Å². The van der Waals surface area contributed by atoms with E-state index in [1.54, 1.807) is 13.2 Å². The van der Waals surface area contributed by atoms with Gasteiger partial charge < -0.3 is 19.7 Å². The molecule has 2 heterocycles. The first-order valence-electron chi connectivity index (χ1n) is 10.6. The SMILES string of the molecule is C=CCOc1ccc(C=C[C@]23NC(=O)CCN2c2ccc(C)cc2C3(C)C)cc1OC. The Bertz CT molecular complexity index is 1060. The molecule has 0 saturated carbocycles. The Hall–Kier alpha value is -3.21. The molecule has 5 heteroatoms. The summed E-state index contributed by atoms with van der Waals surface area (Å²) in [5, 5.41) is 3.32. The minimum absolute atomic E-state index is 0.0734. The van der Waals surface area contributed by atoms with Gasteiger partial charge >= 0.3 is 0 Å². The van der Waals surface area contributed by atoms with Gasteiger partial charge in [-0.1, -0.05) is 56.3 Å². The number of benzene rings is 2. The van der Waals surface area contributed by atoms with Gasteiger partial charge in [0.05, 0.1) is 7.11 Å². The van der Waals surface area contributed by atoms with E-state index in [2.05, 4.69) is 67.9 Å². The van der Waals surface area contributed by atoms with Crippen LogP contribution < -0.4 is 19.7 Å². The zero-order valence-electron chi connectivity index (χ0n) is 18.7. The first-order chi connectivity index (χ1) is 14.8. The molecule has 4 rings (SSSR count). The van der Waals surface area contributed by atoms with E-state index in [0.717, 1.165) is 5.56 Å². The number of fused-ring (bicyclic) bond motifs is 3. The third kappa shape index (κ3) is 3.38. The van der Waals surface area contributed by atoms with Crippen molar-refractivity contribution in [2.75, 3.05) is 25.2 Å². The highest BCUT2D eigenvalue weighted by Gasteiger charge is 2.57. The molecule has 0 bridgehead atoms. The van der Waals surface area contributed by atoms with E-state index in [0.29, 0.717) is 31.1 Å². The van der Waals surface area contributed by atoms with Gasteiger partial charge in [-0.25, -0.2) is 0 Å². The minimum atomic E-state index is -0.635. The summed E-state index contributed by atoms with van der Waals surface area (Å²) in [5.74, 6) is 1.41. The van der Waals surface area contributed by atoms with Crippen molar-refractivity contribution in [3.05, 3.63) is 71.8 Å². The molecule has 0 aliphatic carbocycles. The lowest BCUT2D eigenvalue weighted by molar-refractivity contribution is -0.124. The molecule has 0 aromatic heterocycles. The number of aryl methyl sites for hydroxylation is 1. The Morgan fingerprint density at radius 2 is 2.00 bits per heavy atom. The molecule has 0 unspecified atom stereocenters. The number of hydrogen-bond acceptors (Lipinski definition) is 4. The predicted molar refractivity (Wildman–Crippen MR) is 125 cm³/mol. The lowest BCUT2D eigenvalue weighted by atomic mass is 9.74. The van der Waals surface area contributed by atoms with E-state index >= 15 is 0 Å². The minimum Gasteiger partial charge on any atom is -0.493 e. The smallest absolute Gasteiger partial charge is 0.223 e. The van der Waals surface area contributed by atoms with E-state index in [-0.39, 0.29) is 11.3 Å². The van der Waals surface area contributed by atoms with Crippen LogP contribution in [0.1, 0.15) is 37.0 Å². The Morgan fingerprint density at radius 3 is 2.74 bits per heavy atom. The maximum atomic E-state index is 12.6. The lowest BCUT2D eigenvalue weighted by Gasteiger charge is -2.49. The summed E-state index contributed by atoms with van der Waals surface area (Å²) in [6.07, 6.45) is 6.37. The molecule has 162 valence electrons. The fourth-order valence-corrected chi connectivity index (χ4v) is 4.74. The molecule has 1 fully saturated rings. The third-order valence-corrected chi connectivity index (χ3v) is 6.45. The van der Waals surface area contributed by atoms with Gasteiger partial charge in [0.15, 0.2) is 11.5 Å². The van der Waals surface area contributed by atoms with Crippen LogP contribution in [0.5, 0.6) is 11.5 Å². The van der Waals surface area contributed by atoms with Crippen LogP contribution in [0, 0.1) is 6.92 Å². The summed E-state index contributed by atoms with van der Waals surface area (Å²) < 4.78 is 11.2. The topological polar surface area (TPSA) is 50.8 Å². The van der Waals surface area contributed by atoms with Crippen LogP contribution in [0.25, 0.3) is 6.08 Å². The molecule has 1 atom stereocenters. The van der Waals surface area contributed by atoms with Crippen molar-refractivity contribution >= 4 is 17.7 Å². The number of carbonyl (C=O) groups is 1. The molecule has 0 spiro atoms. The maximum Gasteiger partial charge on any atom is 0.223 e. The van der Waals surface area contributed by atoms with Crippen LogP contribution in [0.3, 0.4) is 0 Å². The number of hydrogen-bond donors (Lipinski definition) is 1. The quantitative estimate of drug-likeness (QED) is 0.697. The third-order valence-electron chi connectivity index (χ3n) is 6.45. The van der Waals surface area contributed by atoms with Crippen LogP contribution in [0.15, 0.2) is 55.1 Å². The maximum absolute atomic E-state index is 12.6. The molecule has 2 aliphatic heterocycles. The van der Waals surface area contributed by atoms with Gasteiger partial charge in [-0.05, 0) is 42.3 Å². The molecule has 0 radical (unpaired) electrons. The highest BCUT2D eigenvalue weighted by atomic mass is 16.5. The van der Waals surface area contributed by atoms with E-state index in [4.69, 9.17) is 9.47 Å². The number of amides is 1. The lowest BCUT2D eigenvalue weighted by Crippen LogP contribution is -2.68. The van der Waals surface area contributed by atoms with Crippen molar-refractivity contribution in [3.63, 3.8) is 0 Å². The summed E-state index contributed by atoms with van der Waals surface area (Å²) in [6, 6.07) is 12.4. The van der Waals surface area contributed by atoms with E-state index in [1.165, 1.54) is 16.8 Å². The van der Waals surface area contributed by atoms with Gasteiger partial charge in [0.1, 0.15) is 12.3 Å². The molecule has 31 heavy (non-hydrogen) atoms. The van der Waals surface area contributed by atoms with Crippen molar-refractivity contribution in [1.82, 2.24) is 5.32 Å². The average molecular weight is 419 g/mol. The second-order valence-electron chi connectivity index (χ2n) is 8.71. The van der Waals surface area contributed by atoms with Crippen molar-refractivity contribution < 1.29 is 14.3 Å². The molecule has 1 saturated heterocycles. The molecule has 2 aromatic rings. The van der Waals surface area contributed by atoms with E-state index < -0.39 is 5.66 Å². The average Bonchev–Trinajstić information content (AvgIpc) is 2.94. The Kier molecular flexibility index (Phi) is 5.29. The molecule has 2 aliphatic rings. The van der Waals surface area contributed by atoms with Crippen LogP contribution in [-0.4, -0.2) is 31.8 Å². The van der Waals surface area contributed by atoms with Gasteiger partial charge in [-0.2, -0.15) is 0 Å². The zero-order chi connectivity index (χ0) is 22.2. The highest BCUT2D eigenvalue weighted by molar-refractivity contribution is 5.84. The fourth-order valence-electron chi connectivity index (χ4n) is 4.74. The number of nitrogens with one attached hydrogen (secondary N) is 1. The summed E-state index contributed by atoms with van der Waals surface area (Å²) >= 11 is 0. The number of carbonyl (C=O) groups excluding carboxylic acids is 1. The van der Waals surface area contributed by atoms with Crippen molar-refractivity contribution in [2.45, 2.75) is 38.3 Å². The second-order valence-corrected chi connectivity index (χ2v) is 8.71. The molecule has 1 amide bonds. The monoisotopic (exact) mass is 418 g/mol. The van der Waals surface area contributed by atoms with Gasteiger partial charge in [0.25, 0.3) is 0 Å². The first kappa shape index (κ1) is 21.0. The molecular weight excluding hydrogens is 388 g/mol. The highest BCUT2D eigenvalue weighted by Crippen LogP contribution is 2.52. The van der Waals surface area contributed by atoms with Crippen molar-refractivity contribution in [2.24, 2.45) is 0 Å². The van der Waals surface area contributed by atoms with Crippen molar-refractivity contribution in [3.8, 4) is 11.5 Å². The fraction of sp³-hybridized carbons (Fsp3) is 0.346. The number of anilines is 1. The zero-order valence-corrected chi connectivity index (χ0v) is 18.7. The standard InChI is InChI=1S/C26H30N2O3/c1-6-15-31-22-10-8-19(17-23(22)30-5)11-13-26-25(3,4)20-16-18(2)7-9-21(20)28(26)14-12-24(29)27-26/h6-11,13,16-17H,1,12,14-15H2,2-5H3,(H,27,29)/t26-/m0/s1. The molecular formula is C26H30N2O3. The van der Waals surface area contributed by atoms with Gasteiger partial charge in [0.2, 0.25) is 5.91 Å². The van der Waals surface area contributed by atoms with Crippen LogP contribution in [-0.2, 0) is 10.2 Å². The molecule has 1 N–H and O–H groups in total. The van der Waals surface area contributed by atoms with Gasteiger partial charge in [-0.15, -0.1) is 0 Å². The Balaban J connectivity index is 1.75. The number of ether oxygens (including phenoxy) is 2. The van der Waals surface area contributed by atoms with E-state index in [1.807, 2.05) is 18.2 Å². The first-order valence-corrected chi connectivity index (χ1v) is 10.6. The second kappa shape index (κ2) is 7.80. The normalized spacial score (nSPS) is 21.4. The molecule has 2 aromatic carbocycles. The van der Waals surface area contributed by atoms with Crippen LogP contribution >= 0.6 is 0 Å². The van der Waals surface area contributed by atoms with Crippen LogP contribution in [0.2, 0.25) is 0 Å². The number of methoxy groups -OCH3 is 1. The molecule has 5 nitrogen and oxygen atoms in total. The summed E-state index contributed by atoms with van der Waals surface area (Å²) in [6.45, 7) is 11.3. The summed E-state index contributed by atoms with van der Waals surface area (Å²) in [7, 11) is 1.63. The Labute approximate surface area is 184 Å². The number of nitrogens with zero attached hydrogens (tertiary/aromatic N) is 1. The van der Waals surface area contributed by atoms with E-state index in [9.17, 15) is 4.79 Å². The van der Waals surface area contributed by atoms with Crippen molar-refractivity contribution in [1.29, 1.82) is 0 Å². The summed E-state index contributed by atoms with van der Waals surface area (Å²) in [5.41, 5.74) is 3.69. The van der Waals surface area contributed by atoms with Gasteiger partial charge in [-0.3, -0.25) is 4.79 Å². The number of rotatable bonds is 6. The Morgan fingerprint density at radius 1 is 1.19 bits per heavy atom.